The van der Waals surface area contributed by atoms with Crippen LogP contribution in [0.4, 0.5) is 5.69 Å². The van der Waals surface area contributed by atoms with Crippen molar-refractivity contribution in [2.45, 2.75) is 46.0 Å². The molecule has 5 nitrogen and oxygen atoms in total. The average molecular weight is 264 g/mol. The first-order valence-electron chi connectivity index (χ1n) is 7.09. The molecule has 2 rings (SSSR count). The van der Waals surface area contributed by atoms with E-state index in [4.69, 9.17) is 5.73 Å². The first-order chi connectivity index (χ1) is 9.02. The van der Waals surface area contributed by atoms with Crippen molar-refractivity contribution in [1.82, 2.24) is 15.5 Å². The predicted octanol–water partition coefficient (Wildman–Crippen LogP) is 2.33. The summed E-state index contributed by atoms with van der Waals surface area (Å²) in [4.78, 5) is 12.0. The molecule has 1 amide bonds. The molecule has 0 atom stereocenters. The summed E-state index contributed by atoms with van der Waals surface area (Å²) in [5, 5.41) is 9.45. The normalized spacial score (nSPS) is 17.8. The van der Waals surface area contributed by atoms with E-state index >= 15 is 0 Å². The van der Waals surface area contributed by atoms with E-state index in [2.05, 4.69) is 29.4 Å². The Morgan fingerprint density at radius 3 is 2.74 bits per heavy atom. The minimum atomic E-state index is -0.148. The van der Waals surface area contributed by atoms with E-state index in [1.165, 1.54) is 38.3 Å². The van der Waals surface area contributed by atoms with Gasteiger partial charge in [-0.25, -0.2) is 0 Å². The van der Waals surface area contributed by atoms with E-state index in [0.29, 0.717) is 17.3 Å². The zero-order chi connectivity index (χ0) is 13.9. The number of nitrogens with zero attached hydrogens (tertiary/aromatic N) is 1. The maximum atomic E-state index is 12.0. The molecule has 1 aromatic heterocycles. The van der Waals surface area contributed by atoms with Crippen LogP contribution in [0.15, 0.2) is 6.20 Å². The van der Waals surface area contributed by atoms with Gasteiger partial charge in [0.1, 0.15) is 5.69 Å². The van der Waals surface area contributed by atoms with E-state index < -0.39 is 0 Å². The molecular weight excluding hydrogens is 240 g/mol. The number of nitrogens with one attached hydrogen (secondary N) is 2. The molecule has 0 aromatic carbocycles. The molecule has 106 valence electrons. The molecule has 5 heteroatoms. The van der Waals surface area contributed by atoms with E-state index in [-0.39, 0.29) is 11.3 Å². The van der Waals surface area contributed by atoms with Gasteiger partial charge in [-0.3, -0.25) is 9.89 Å². The second kappa shape index (κ2) is 5.63. The Morgan fingerprint density at radius 1 is 1.53 bits per heavy atom. The van der Waals surface area contributed by atoms with Crippen LogP contribution in [0.3, 0.4) is 0 Å². The van der Waals surface area contributed by atoms with Crippen molar-refractivity contribution in [3.63, 3.8) is 0 Å². The van der Waals surface area contributed by atoms with Gasteiger partial charge in [-0.05, 0) is 30.6 Å². The molecule has 0 saturated heterocycles. The molecule has 0 radical (unpaired) electrons. The van der Waals surface area contributed by atoms with Gasteiger partial charge >= 0.3 is 0 Å². The third kappa shape index (κ3) is 3.28. The number of aromatic amines is 1. The van der Waals surface area contributed by atoms with Gasteiger partial charge < -0.3 is 11.1 Å². The maximum absolute atomic E-state index is 12.0. The van der Waals surface area contributed by atoms with Crippen LogP contribution in [0.5, 0.6) is 0 Å². The number of carbonyl (C=O) groups excluding carboxylic acids is 1. The fourth-order valence-electron chi connectivity index (χ4n) is 3.28. The molecule has 1 aliphatic rings. The minimum Gasteiger partial charge on any atom is -0.396 e. The van der Waals surface area contributed by atoms with Gasteiger partial charge in [0.25, 0.3) is 5.91 Å². The third-order valence-corrected chi connectivity index (χ3v) is 4.03. The lowest BCUT2D eigenvalue weighted by molar-refractivity contribution is 0.0917. The van der Waals surface area contributed by atoms with E-state index in [1.807, 2.05) is 0 Å². The SMILES string of the molecule is CC(C)CC1(CNC(=O)c2[nH]ncc2N)CCCC1. The zero-order valence-electron chi connectivity index (χ0n) is 11.8. The summed E-state index contributed by atoms with van der Waals surface area (Å²) in [6, 6.07) is 0. The molecule has 0 unspecified atom stereocenters. The molecular formula is C14H24N4O. The van der Waals surface area contributed by atoms with Gasteiger partial charge in [0, 0.05) is 6.54 Å². The second-order valence-corrected chi connectivity index (χ2v) is 6.19. The summed E-state index contributed by atoms with van der Waals surface area (Å²) >= 11 is 0. The number of hydrogen-bond acceptors (Lipinski definition) is 3. The number of H-pyrrole nitrogens is 1. The number of aromatic nitrogens is 2. The van der Waals surface area contributed by atoms with Crippen LogP contribution in [0, 0.1) is 11.3 Å². The molecule has 0 aliphatic heterocycles. The third-order valence-electron chi connectivity index (χ3n) is 4.03. The highest BCUT2D eigenvalue weighted by molar-refractivity contribution is 5.96. The van der Waals surface area contributed by atoms with Crippen molar-refractivity contribution in [2.24, 2.45) is 11.3 Å². The molecule has 19 heavy (non-hydrogen) atoms. The smallest absolute Gasteiger partial charge is 0.271 e. The van der Waals surface area contributed by atoms with E-state index in [0.717, 1.165) is 6.54 Å². The minimum absolute atomic E-state index is 0.148. The Morgan fingerprint density at radius 2 is 2.21 bits per heavy atom. The van der Waals surface area contributed by atoms with Crippen LogP contribution in [-0.2, 0) is 0 Å². The van der Waals surface area contributed by atoms with Crippen LogP contribution in [0.25, 0.3) is 0 Å². The Labute approximate surface area is 114 Å². The standard InChI is InChI=1S/C14H24N4O/c1-10(2)7-14(5-3-4-6-14)9-16-13(19)12-11(15)8-17-18-12/h8,10H,3-7,9,15H2,1-2H3,(H,16,19)(H,17,18). The highest BCUT2D eigenvalue weighted by Gasteiger charge is 2.34. The van der Waals surface area contributed by atoms with Crippen LogP contribution < -0.4 is 11.1 Å². The first kappa shape index (κ1) is 13.9. The topological polar surface area (TPSA) is 83.8 Å². The van der Waals surface area contributed by atoms with Crippen molar-refractivity contribution in [3.05, 3.63) is 11.9 Å². The highest BCUT2D eigenvalue weighted by Crippen LogP contribution is 2.42. The monoisotopic (exact) mass is 264 g/mol. The average Bonchev–Trinajstić information content (AvgIpc) is 2.95. The van der Waals surface area contributed by atoms with Gasteiger partial charge in [0.2, 0.25) is 0 Å². The lowest BCUT2D eigenvalue weighted by Gasteiger charge is -2.31. The van der Waals surface area contributed by atoms with Crippen molar-refractivity contribution >= 4 is 11.6 Å². The maximum Gasteiger partial charge on any atom is 0.271 e. The summed E-state index contributed by atoms with van der Waals surface area (Å²) in [5.74, 6) is 0.511. The Balaban J connectivity index is 1.96. The van der Waals surface area contributed by atoms with Crippen LogP contribution in [0.1, 0.15) is 56.4 Å². The Bertz CT molecular complexity index is 432. The van der Waals surface area contributed by atoms with Gasteiger partial charge in [0.05, 0.1) is 11.9 Å². The lowest BCUT2D eigenvalue weighted by Crippen LogP contribution is -2.37. The summed E-state index contributed by atoms with van der Waals surface area (Å²) in [6.07, 6.45) is 7.61. The number of anilines is 1. The zero-order valence-corrected chi connectivity index (χ0v) is 11.8. The number of nitrogen functional groups attached to an aromatic ring is 1. The summed E-state index contributed by atoms with van der Waals surface area (Å²) in [6.45, 7) is 5.23. The first-order valence-corrected chi connectivity index (χ1v) is 7.09. The van der Waals surface area contributed by atoms with Gasteiger partial charge in [-0.2, -0.15) is 5.10 Å². The molecule has 4 N–H and O–H groups in total. The Kier molecular flexibility index (Phi) is 4.12. The highest BCUT2D eigenvalue weighted by atomic mass is 16.1. The molecule has 1 aromatic rings. The number of nitrogens with two attached hydrogens (primary N) is 1. The molecule has 0 bridgehead atoms. The fourth-order valence-corrected chi connectivity index (χ4v) is 3.28. The molecule has 1 fully saturated rings. The number of rotatable bonds is 5. The van der Waals surface area contributed by atoms with Gasteiger partial charge in [-0.1, -0.05) is 26.7 Å². The lowest BCUT2D eigenvalue weighted by atomic mass is 9.78. The van der Waals surface area contributed by atoms with E-state index in [1.54, 1.807) is 0 Å². The van der Waals surface area contributed by atoms with Crippen molar-refractivity contribution in [3.8, 4) is 0 Å². The molecule has 0 spiro atoms. The van der Waals surface area contributed by atoms with Crippen LogP contribution in [-0.4, -0.2) is 22.6 Å². The Hall–Kier alpha value is -1.52. The molecule has 1 heterocycles. The largest absolute Gasteiger partial charge is 0.396 e. The summed E-state index contributed by atoms with van der Waals surface area (Å²) in [5.41, 5.74) is 6.74. The predicted molar refractivity (Wildman–Crippen MR) is 75.7 cm³/mol. The van der Waals surface area contributed by atoms with Crippen molar-refractivity contribution in [2.75, 3.05) is 12.3 Å². The van der Waals surface area contributed by atoms with E-state index in [9.17, 15) is 4.79 Å². The quantitative estimate of drug-likeness (QED) is 0.763. The molecule has 1 aliphatic carbocycles. The summed E-state index contributed by atoms with van der Waals surface area (Å²) in [7, 11) is 0. The number of amides is 1. The van der Waals surface area contributed by atoms with Gasteiger partial charge in [-0.15, -0.1) is 0 Å². The number of hydrogen-bond donors (Lipinski definition) is 3. The van der Waals surface area contributed by atoms with Crippen LogP contribution in [0.2, 0.25) is 0 Å². The van der Waals surface area contributed by atoms with Crippen molar-refractivity contribution in [1.29, 1.82) is 0 Å². The van der Waals surface area contributed by atoms with Crippen LogP contribution >= 0.6 is 0 Å². The fraction of sp³-hybridized carbons (Fsp3) is 0.714. The summed E-state index contributed by atoms with van der Waals surface area (Å²) < 4.78 is 0. The van der Waals surface area contributed by atoms with Crippen molar-refractivity contribution < 1.29 is 4.79 Å². The van der Waals surface area contributed by atoms with Gasteiger partial charge in [0.15, 0.2) is 0 Å². The second-order valence-electron chi connectivity index (χ2n) is 6.19. The molecule has 1 saturated carbocycles. The number of carbonyl (C=O) groups is 1.